The minimum atomic E-state index is -1.71. The van der Waals surface area contributed by atoms with E-state index in [9.17, 15) is 9.90 Å². The molecule has 0 radical (unpaired) electrons. The van der Waals surface area contributed by atoms with Crippen LogP contribution >= 0.6 is 0 Å². The molecule has 0 spiro atoms. The largest absolute Gasteiger partial charge is 0.478 e. The first kappa shape index (κ1) is 17.9. The molecule has 1 N–H and O–H groups in total. The van der Waals surface area contributed by atoms with Crippen molar-refractivity contribution < 1.29 is 14.3 Å². The molecular weight excluding hydrogens is 280 g/mol. The van der Waals surface area contributed by atoms with Crippen LogP contribution in [0.5, 0.6) is 0 Å². The number of carbonyl (C=O) groups is 1. The van der Waals surface area contributed by atoms with Crippen molar-refractivity contribution in [3.05, 3.63) is 34.9 Å². The summed E-state index contributed by atoms with van der Waals surface area (Å²) in [5.41, 5.74) is 2.18. The maximum absolute atomic E-state index is 11.3. The average Bonchev–Trinajstić information content (AvgIpc) is 2.32. The molecule has 0 heterocycles. The van der Waals surface area contributed by atoms with Crippen LogP contribution in [0.15, 0.2) is 18.2 Å². The zero-order valence-corrected chi connectivity index (χ0v) is 15.1. The fourth-order valence-corrected chi connectivity index (χ4v) is 3.14. The highest BCUT2D eigenvalue weighted by Crippen LogP contribution is 2.36. The molecule has 0 aromatic heterocycles. The van der Waals surface area contributed by atoms with Crippen LogP contribution in [-0.4, -0.2) is 26.0 Å². The predicted octanol–water partition coefficient (Wildman–Crippen LogP) is 4.65. The molecule has 0 saturated heterocycles. The lowest BCUT2D eigenvalue weighted by molar-refractivity contribution is 0.0694. The molecular formula is C17H28O3Si. The van der Waals surface area contributed by atoms with Crippen LogP contribution in [0.1, 0.15) is 48.7 Å². The van der Waals surface area contributed by atoms with Gasteiger partial charge in [0.25, 0.3) is 0 Å². The van der Waals surface area contributed by atoms with Crippen LogP contribution in [0.25, 0.3) is 0 Å². The van der Waals surface area contributed by atoms with Gasteiger partial charge in [0.15, 0.2) is 8.32 Å². The average molecular weight is 308 g/mol. The maximum Gasteiger partial charge on any atom is 0.336 e. The minimum Gasteiger partial charge on any atom is -0.478 e. The lowest BCUT2D eigenvalue weighted by atomic mass is 9.99. The van der Waals surface area contributed by atoms with E-state index in [1.165, 1.54) is 0 Å². The summed E-state index contributed by atoms with van der Waals surface area (Å²) in [6.07, 6.45) is 1.61. The highest BCUT2D eigenvalue weighted by molar-refractivity contribution is 6.74. The molecule has 0 aliphatic heterocycles. The van der Waals surface area contributed by atoms with E-state index in [0.29, 0.717) is 12.2 Å². The Hall–Kier alpha value is -1.13. The quantitative estimate of drug-likeness (QED) is 0.615. The van der Waals surface area contributed by atoms with Gasteiger partial charge in [0.05, 0.1) is 5.56 Å². The summed E-state index contributed by atoms with van der Waals surface area (Å²) in [7, 11) is -1.71. The summed E-state index contributed by atoms with van der Waals surface area (Å²) >= 11 is 0. The molecule has 0 atom stereocenters. The molecule has 1 rings (SSSR count). The standard InChI is InChI=1S/C17H28O3Si/c1-13-9-7-10-14(15(13)16(18)19)11-8-12-20-21(5,6)17(2,3)4/h7,9-10H,8,11-12H2,1-6H3,(H,18,19). The number of benzene rings is 1. The zero-order valence-electron chi connectivity index (χ0n) is 14.1. The summed E-state index contributed by atoms with van der Waals surface area (Å²) in [5, 5.41) is 9.53. The van der Waals surface area contributed by atoms with Crippen molar-refractivity contribution in [3.8, 4) is 0 Å². The number of aromatic carboxylic acids is 1. The molecule has 0 saturated carbocycles. The lowest BCUT2D eigenvalue weighted by Gasteiger charge is -2.36. The third-order valence-electron chi connectivity index (χ3n) is 4.43. The van der Waals surface area contributed by atoms with Gasteiger partial charge in [0, 0.05) is 6.61 Å². The Bertz CT molecular complexity index is 501. The van der Waals surface area contributed by atoms with Crippen LogP contribution in [0.4, 0.5) is 0 Å². The van der Waals surface area contributed by atoms with E-state index >= 15 is 0 Å². The summed E-state index contributed by atoms with van der Waals surface area (Å²) in [5.74, 6) is -0.839. The smallest absolute Gasteiger partial charge is 0.336 e. The third kappa shape index (κ3) is 4.68. The van der Waals surface area contributed by atoms with Crippen molar-refractivity contribution in [2.45, 2.75) is 58.7 Å². The predicted molar refractivity (Wildman–Crippen MR) is 89.6 cm³/mol. The molecule has 118 valence electrons. The highest BCUT2D eigenvalue weighted by atomic mass is 28.4. The number of aryl methyl sites for hydroxylation is 2. The number of hydrogen-bond acceptors (Lipinski definition) is 2. The summed E-state index contributed by atoms with van der Waals surface area (Å²) in [6, 6.07) is 5.67. The van der Waals surface area contributed by atoms with Crippen molar-refractivity contribution in [2.24, 2.45) is 0 Å². The van der Waals surface area contributed by atoms with Gasteiger partial charge in [-0.15, -0.1) is 0 Å². The van der Waals surface area contributed by atoms with Crippen molar-refractivity contribution in [1.82, 2.24) is 0 Å². The molecule has 0 bridgehead atoms. The highest BCUT2D eigenvalue weighted by Gasteiger charge is 2.36. The van der Waals surface area contributed by atoms with Gasteiger partial charge >= 0.3 is 5.97 Å². The summed E-state index contributed by atoms with van der Waals surface area (Å²) < 4.78 is 6.14. The molecule has 4 heteroatoms. The molecule has 0 aliphatic rings. The number of carboxylic acids is 1. The van der Waals surface area contributed by atoms with Crippen LogP contribution in [-0.2, 0) is 10.8 Å². The van der Waals surface area contributed by atoms with E-state index in [4.69, 9.17) is 4.43 Å². The zero-order chi connectivity index (χ0) is 16.3. The second-order valence-corrected chi connectivity index (χ2v) is 11.9. The Labute approximate surface area is 129 Å². The van der Waals surface area contributed by atoms with Crippen molar-refractivity contribution in [1.29, 1.82) is 0 Å². The van der Waals surface area contributed by atoms with Crippen LogP contribution in [0.3, 0.4) is 0 Å². The first-order valence-electron chi connectivity index (χ1n) is 7.52. The van der Waals surface area contributed by atoms with Gasteiger partial charge in [0.2, 0.25) is 0 Å². The van der Waals surface area contributed by atoms with Crippen molar-refractivity contribution in [2.75, 3.05) is 6.61 Å². The van der Waals surface area contributed by atoms with E-state index in [1.54, 1.807) is 0 Å². The Morgan fingerprint density at radius 3 is 2.43 bits per heavy atom. The van der Waals surface area contributed by atoms with Crippen LogP contribution in [0, 0.1) is 6.92 Å². The van der Waals surface area contributed by atoms with Gasteiger partial charge in [0.1, 0.15) is 0 Å². The van der Waals surface area contributed by atoms with Gasteiger partial charge in [-0.1, -0.05) is 39.0 Å². The van der Waals surface area contributed by atoms with E-state index in [-0.39, 0.29) is 5.04 Å². The monoisotopic (exact) mass is 308 g/mol. The summed E-state index contributed by atoms with van der Waals surface area (Å²) in [4.78, 5) is 11.3. The first-order valence-corrected chi connectivity index (χ1v) is 10.4. The number of rotatable bonds is 6. The Balaban J connectivity index is 2.62. The molecule has 0 amide bonds. The SMILES string of the molecule is Cc1cccc(CCCO[Si](C)(C)C(C)(C)C)c1C(=O)O. The topological polar surface area (TPSA) is 46.5 Å². The fourth-order valence-electron chi connectivity index (χ4n) is 2.05. The first-order chi connectivity index (χ1) is 9.56. The second-order valence-electron chi connectivity index (χ2n) is 7.13. The molecule has 0 fully saturated rings. The number of carboxylic acid groups (broad SMARTS) is 1. The molecule has 0 aliphatic carbocycles. The fraction of sp³-hybridized carbons (Fsp3) is 0.588. The van der Waals surface area contributed by atoms with Gasteiger partial charge in [-0.05, 0) is 49.0 Å². The van der Waals surface area contributed by atoms with Gasteiger partial charge in [-0.25, -0.2) is 4.79 Å². The van der Waals surface area contributed by atoms with Crippen molar-refractivity contribution >= 4 is 14.3 Å². The van der Waals surface area contributed by atoms with Crippen LogP contribution in [0.2, 0.25) is 18.1 Å². The van der Waals surface area contributed by atoms with Gasteiger partial charge in [-0.2, -0.15) is 0 Å². The maximum atomic E-state index is 11.3. The van der Waals surface area contributed by atoms with Gasteiger partial charge < -0.3 is 9.53 Å². The van der Waals surface area contributed by atoms with E-state index in [1.807, 2.05) is 25.1 Å². The minimum absolute atomic E-state index is 0.211. The Kier molecular flexibility index (Phi) is 5.76. The normalized spacial score (nSPS) is 12.5. The Morgan fingerprint density at radius 2 is 1.90 bits per heavy atom. The molecule has 1 aromatic carbocycles. The Morgan fingerprint density at radius 1 is 1.29 bits per heavy atom. The van der Waals surface area contributed by atoms with E-state index < -0.39 is 14.3 Å². The third-order valence-corrected chi connectivity index (χ3v) is 8.97. The second kappa shape index (κ2) is 6.75. The van der Waals surface area contributed by atoms with Crippen molar-refractivity contribution in [3.63, 3.8) is 0 Å². The molecule has 1 aromatic rings. The number of hydrogen-bond donors (Lipinski definition) is 1. The molecule has 3 nitrogen and oxygen atoms in total. The van der Waals surface area contributed by atoms with Crippen LogP contribution < -0.4 is 0 Å². The van der Waals surface area contributed by atoms with E-state index in [0.717, 1.165) is 24.0 Å². The lowest BCUT2D eigenvalue weighted by Crippen LogP contribution is -2.41. The molecule has 0 unspecified atom stereocenters. The summed E-state index contributed by atoms with van der Waals surface area (Å²) in [6.45, 7) is 13.7. The molecule has 21 heavy (non-hydrogen) atoms. The van der Waals surface area contributed by atoms with Gasteiger partial charge in [-0.3, -0.25) is 0 Å². The van der Waals surface area contributed by atoms with E-state index in [2.05, 4.69) is 33.9 Å².